The van der Waals surface area contributed by atoms with E-state index >= 15 is 0 Å². The van der Waals surface area contributed by atoms with Gasteiger partial charge in [-0.05, 0) is 44.0 Å². The predicted octanol–water partition coefficient (Wildman–Crippen LogP) is 3.97. The number of nitrogens with one attached hydrogen (secondary N) is 1. The Hall–Kier alpha value is -1.68. The molecule has 1 N–H and O–H groups in total. The van der Waals surface area contributed by atoms with Crippen LogP contribution < -0.4 is 0 Å². The fourth-order valence-corrected chi connectivity index (χ4v) is 3.64. The summed E-state index contributed by atoms with van der Waals surface area (Å²) in [6.07, 6.45) is 7.71. The zero-order chi connectivity index (χ0) is 16.8. The fraction of sp³-hybridized carbons (Fsp3) is 0.600. The topological polar surface area (TPSA) is 49.0 Å². The first kappa shape index (κ1) is 17.2. The zero-order valence-corrected chi connectivity index (χ0v) is 14.8. The number of imidazole rings is 1. The molecule has 0 unspecified atom stereocenters. The first-order valence-corrected chi connectivity index (χ1v) is 9.42. The van der Waals surface area contributed by atoms with Crippen LogP contribution in [0.25, 0.3) is 11.0 Å². The van der Waals surface area contributed by atoms with E-state index in [2.05, 4.69) is 21.8 Å². The van der Waals surface area contributed by atoms with Gasteiger partial charge in [0.2, 0.25) is 0 Å². The number of carbonyl (C=O) groups is 1. The second-order valence-electron chi connectivity index (χ2n) is 7.09. The molecule has 0 bridgehead atoms. The Labute approximate surface area is 144 Å². The highest BCUT2D eigenvalue weighted by Gasteiger charge is 2.19. The quantitative estimate of drug-likeness (QED) is 0.798. The van der Waals surface area contributed by atoms with Crippen molar-refractivity contribution in [1.82, 2.24) is 14.9 Å². The van der Waals surface area contributed by atoms with Crippen LogP contribution in [0.4, 0.5) is 0 Å². The number of carbonyl (C=O) groups excluding carboxylic acids is 1. The Bertz CT molecular complexity index is 623. The third-order valence-corrected chi connectivity index (χ3v) is 5.18. The van der Waals surface area contributed by atoms with Gasteiger partial charge in [0.15, 0.2) is 0 Å². The van der Waals surface area contributed by atoms with Crippen molar-refractivity contribution in [2.24, 2.45) is 5.92 Å². The van der Waals surface area contributed by atoms with Crippen molar-refractivity contribution in [2.75, 3.05) is 19.6 Å². The SMILES string of the molecule is CCCCC1CCN(CCC(=O)Cc2nc3ccccc3[nH]2)CC1. The number of para-hydroxylation sites is 2. The van der Waals surface area contributed by atoms with Gasteiger partial charge in [0.05, 0.1) is 17.5 Å². The smallest absolute Gasteiger partial charge is 0.141 e. The minimum atomic E-state index is 0.280. The third kappa shape index (κ3) is 4.67. The van der Waals surface area contributed by atoms with E-state index in [-0.39, 0.29) is 5.78 Å². The predicted molar refractivity (Wildman–Crippen MR) is 98.1 cm³/mol. The number of aromatic nitrogens is 2. The second-order valence-corrected chi connectivity index (χ2v) is 7.09. The maximum Gasteiger partial charge on any atom is 0.141 e. The number of aromatic amines is 1. The van der Waals surface area contributed by atoms with Crippen molar-refractivity contribution in [3.8, 4) is 0 Å². The number of unbranched alkanes of at least 4 members (excludes halogenated alkanes) is 1. The Morgan fingerprint density at radius 2 is 2.08 bits per heavy atom. The summed E-state index contributed by atoms with van der Waals surface area (Å²) in [7, 11) is 0. The van der Waals surface area contributed by atoms with E-state index < -0.39 is 0 Å². The highest BCUT2D eigenvalue weighted by Crippen LogP contribution is 2.22. The largest absolute Gasteiger partial charge is 0.342 e. The van der Waals surface area contributed by atoms with Gasteiger partial charge in [0.25, 0.3) is 0 Å². The lowest BCUT2D eigenvalue weighted by molar-refractivity contribution is -0.118. The summed E-state index contributed by atoms with van der Waals surface area (Å²) >= 11 is 0. The van der Waals surface area contributed by atoms with Crippen LogP contribution >= 0.6 is 0 Å². The first-order valence-electron chi connectivity index (χ1n) is 9.42. The van der Waals surface area contributed by atoms with E-state index in [4.69, 9.17) is 0 Å². The van der Waals surface area contributed by atoms with Gasteiger partial charge in [-0.1, -0.05) is 38.3 Å². The minimum Gasteiger partial charge on any atom is -0.342 e. The lowest BCUT2D eigenvalue weighted by Crippen LogP contribution is -2.35. The number of hydrogen-bond acceptors (Lipinski definition) is 3. The van der Waals surface area contributed by atoms with Gasteiger partial charge in [-0.15, -0.1) is 0 Å². The highest BCUT2D eigenvalue weighted by molar-refractivity contribution is 5.82. The van der Waals surface area contributed by atoms with E-state index in [1.54, 1.807) is 0 Å². The zero-order valence-electron chi connectivity index (χ0n) is 14.8. The molecule has 0 aliphatic carbocycles. The molecule has 2 heterocycles. The van der Waals surface area contributed by atoms with Crippen LogP contribution in [-0.2, 0) is 11.2 Å². The van der Waals surface area contributed by atoms with Gasteiger partial charge >= 0.3 is 0 Å². The number of nitrogens with zero attached hydrogens (tertiary/aromatic N) is 2. The summed E-state index contributed by atoms with van der Waals surface area (Å²) in [5, 5.41) is 0. The van der Waals surface area contributed by atoms with E-state index in [9.17, 15) is 4.79 Å². The third-order valence-electron chi connectivity index (χ3n) is 5.18. The van der Waals surface area contributed by atoms with E-state index in [1.807, 2.05) is 24.3 Å². The van der Waals surface area contributed by atoms with Gasteiger partial charge < -0.3 is 9.88 Å². The van der Waals surface area contributed by atoms with Crippen LogP contribution in [0.1, 0.15) is 51.3 Å². The summed E-state index contributed by atoms with van der Waals surface area (Å²) in [6.45, 7) is 5.49. The van der Waals surface area contributed by atoms with E-state index in [0.717, 1.165) is 42.4 Å². The van der Waals surface area contributed by atoms with Crippen LogP contribution in [-0.4, -0.2) is 40.3 Å². The lowest BCUT2D eigenvalue weighted by Gasteiger charge is -2.31. The van der Waals surface area contributed by atoms with Crippen LogP contribution in [0.5, 0.6) is 0 Å². The molecule has 0 radical (unpaired) electrons. The van der Waals surface area contributed by atoms with Gasteiger partial charge in [-0.25, -0.2) is 4.98 Å². The Kier molecular flexibility index (Phi) is 6.02. The molecule has 0 atom stereocenters. The molecule has 1 aromatic heterocycles. The summed E-state index contributed by atoms with van der Waals surface area (Å²) in [4.78, 5) is 22.4. The van der Waals surface area contributed by atoms with E-state index in [1.165, 1.54) is 32.1 Å². The molecular weight excluding hydrogens is 298 g/mol. The first-order chi connectivity index (χ1) is 11.7. The van der Waals surface area contributed by atoms with Crippen molar-refractivity contribution in [3.63, 3.8) is 0 Å². The number of benzene rings is 1. The van der Waals surface area contributed by atoms with Crippen molar-refractivity contribution in [2.45, 2.75) is 51.9 Å². The molecule has 1 aliphatic rings. The summed E-state index contributed by atoms with van der Waals surface area (Å²) in [5.41, 5.74) is 1.95. The van der Waals surface area contributed by atoms with Gasteiger partial charge in [-0.2, -0.15) is 0 Å². The molecule has 0 amide bonds. The maximum absolute atomic E-state index is 12.3. The Morgan fingerprint density at radius 3 is 2.83 bits per heavy atom. The molecule has 24 heavy (non-hydrogen) atoms. The summed E-state index contributed by atoms with van der Waals surface area (Å²) in [5.74, 6) is 1.98. The Balaban J connectivity index is 1.40. The number of likely N-dealkylation sites (tertiary alicyclic amines) is 1. The summed E-state index contributed by atoms with van der Waals surface area (Å²) in [6, 6.07) is 7.93. The van der Waals surface area contributed by atoms with Crippen LogP contribution in [0.3, 0.4) is 0 Å². The van der Waals surface area contributed by atoms with Gasteiger partial charge in [-0.3, -0.25) is 4.79 Å². The minimum absolute atomic E-state index is 0.280. The average molecular weight is 327 g/mol. The van der Waals surface area contributed by atoms with Crippen LogP contribution in [0, 0.1) is 5.92 Å². The number of Topliss-reactive ketones (excluding diaryl/α,β-unsaturated/α-hetero) is 1. The number of ketones is 1. The lowest BCUT2D eigenvalue weighted by atomic mass is 9.91. The van der Waals surface area contributed by atoms with Gasteiger partial charge in [0.1, 0.15) is 11.6 Å². The molecule has 1 fully saturated rings. The molecule has 2 aromatic rings. The number of piperidine rings is 1. The monoisotopic (exact) mass is 327 g/mol. The standard InChI is InChI=1S/C20H29N3O/c1-2-3-6-16-9-12-23(13-10-16)14-11-17(24)15-20-21-18-7-4-5-8-19(18)22-20/h4-5,7-8,16H,2-3,6,9-15H2,1H3,(H,21,22). The molecule has 1 aliphatic heterocycles. The molecule has 1 saturated heterocycles. The number of H-pyrrole nitrogens is 1. The highest BCUT2D eigenvalue weighted by atomic mass is 16.1. The van der Waals surface area contributed by atoms with Crippen molar-refractivity contribution in [3.05, 3.63) is 30.1 Å². The molecule has 4 nitrogen and oxygen atoms in total. The van der Waals surface area contributed by atoms with E-state index in [0.29, 0.717) is 12.8 Å². The second kappa shape index (κ2) is 8.43. The van der Waals surface area contributed by atoms with Crippen molar-refractivity contribution in [1.29, 1.82) is 0 Å². The number of hydrogen-bond donors (Lipinski definition) is 1. The fourth-order valence-electron chi connectivity index (χ4n) is 3.64. The van der Waals surface area contributed by atoms with Gasteiger partial charge in [0, 0.05) is 13.0 Å². The maximum atomic E-state index is 12.3. The molecule has 0 saturated carbocycles. The number of fused-ring (bicyclic) bond motifs is 1. The average Bonchev–Trinajstić information content (AvgIpc) is 3.01. The Morgan fingerprint density at radius 1 is 1.29 bits per heavy atom. The molecular formula is C20H29N3O. The van der Waals surface area contributed by atoms with Crippen LogP contribution in [0.15, 0.2) is 24.3 Å². The normalized spacial score (nSPS) is 16.7. The molecule has 3 rings (SSSR count). The van der Waals surface area contributed by atoms with Crippen molar-refractivity contribution >= 4 is 16.8 Å². The molecule has 0 spiro atoms. The summed E-state index contributed by atoms with van der Waals surface area (Å²) < 4.78 is 0. The molecule has 130 valence electrons. The number of rotatable bonds is 8. The molecule has 1 aromatic carbocycles. The van der Waals surface area contributed by atoms with Crippen LogP contribution in [0.2, 0.25) is 0 Å². The van der Waals surface area contributed by atoms with Crippen molar-refractivity contribution < 1.29 is 4.79 Å². The molecule has 4 heteroatoms.